The van der Waals surface area contributed by atoms with E-state index in [9.17, 15) is 4.79 Å². The minimum Gasteiger partial charge on any atom is -0.378 e. The molecule has 3 heterocycles. The van der Waals surface area contributed by atoms with Gasteiger partial charge >= 0.3 is 0 Å². The highest BCUT2D eigenvalue weighted by molar-refractivity contribution is 7.14. The van der Waals surface area contributed by atoms with Crippen LogP contribution in [0.15, 0.2) is 60.4 Å². The number of morpholine rings is 1. The Morgan fingerprint density at radius 3 is 2.71 bits per heavy atom. The molecule has 1 aliphatic heterocycles. The molecular weight excluding hydrogens is 470 g/mol. The fourth-order valence-corrected chi connectivity index (χ4v) is 4.93. The first-order chi connectivity index (χ1) is 16.5. The molecule has 7 nitrogen and oxygen atoms in total. The summed E-state index contributed by atoms with van der Waals surface area (Å²) in [6.45, 7) is 4.72. The summed E-state index contributed by atoms with van der Waals surface area (Å²) < 4.78 is 7.34. The number of carbonyl (C=O) groups excluding carboxylic acids is 1. The molecule has 0 amide bonds. The molecule has 9 heteroatoms. The number of imidazole rings is 1. The summed E-state index contributed by atoms with van der Waals surface area (Å²) in [5.41, 5.74) is 5.61. The van der Waals surface area contributed by atoms with Gasteiger partial charge in [0.1, 0.15) is 5.78 Å². The molecule has 1 N–H and O–H groups in total. The van der Waals surface area contributed by atoms with Gasteiger partial charge in [0, 0.05) is 48.0 Å². The van der Waals surface area contributed by atoms with Crippen LogP contribution in [0, 0.1) is 0 Å². The zero-order valence-electron chi connectivity index (χ0n) is 18.7. The fourth-order valence-electron chi connectivity index (χ4n) is 3.89. The van der Waals surface area contributed by atoms with Crippen molar-refractivity contribution in [2.45, 2.75) is 13.3 Å². The van der Waals surface area contributed by atoms with Crippen molar-refractivity contribution < 1.29 is 9.53 Å². The minimum absolute atomic E-state index is 0.101. The van der Waals surface area contributed by atoms with Gasteiger partial charge < -0.3 is 19.5 Å². The summed E-state index contributed by atoms with van der Waals surface area (Å²) >= 11 is 8.11. The maximum Gasteiger partial charge on any atom is 0.187 e. The summed E-state index contributed by atoms with van der Waals surface area (Å²) in [4.78, 5) is 22.6. The van der Waals surface area contributed by atoms with Crippen molar-refractivity contribution in [3.8, 4) is 16.9 Å². The van der Waals surface area contributed by atoms with E-state index < -0.39 is 0 Å². The first-order valence-corrected chi connectivity index (χ1v) is 12.3. The first-order valence-electron chi connectivity index (χ1n) is 11.0. The summed E-state index contributed by atoms with van der Waals surface area (Å²) in [5, 5.41) is 6.91. The van der Waals surface area contributed by atoms with E-state index in [1.54, 1.807) is 24.6 Å². The molecule has 174 valence electrons. The molecule has 5 rings (SSSR count). The quantitative estimate of drug-likeness (QED) is 0.373. The third kappa shape index (κ3) is 5.14. The predicted octanol–water partition coefficient (Wildman–Crippen LogP) is 5.36. The number of anilines is 3. The second-order valence-corrected chi connectivity index (χ2v) is 9.39. The molecule has 2 aromatic carbocycles. The van der Waals surface area contributed by atoms with Crippen LogP contribution in [-0.2, 0) is 16.0 Å². The van der Waals surface area contributed by atoms with E-state index in [0.717, 1.165) is 65.4 Å². The monoisotopic (exact) mass is 493 g/mol. The number of hydrogen-bond acceptors (Lipinski definition) is 7. The van der Waals surface area contributed by atoms with Crippen LogP contribution in [0.1, 0.15) is 12.6 Å². The number of carbonyl (C=O) groups is 1. The highest BCUT2D eigenvalue weighted by Gasteiger charge is 2.15. The van der Waals surface area contributed by atoms with Gasteiger partial charge in [-0.1, -0.05) is 23.7 Å². The lowest BCUT2D eigenvalue weighted by molar-refractivity contribution is -0.116. The van der Waals surface area contributed by atoms with Crippen LogP contribution < -0.4 is 10.2 Å². The fraction of sp³-hybridized carbons (Fsp3) is 0.240. The van der Waals surface area contributed by atoms with Crippen LogP contribution in [-0.4, -0.2) is 46.6 Å². The Hall–Kier alpha value is -3.20. The normalized spacial score (nSPS) is 13.8. The largest absolute Gasteiger partial charge is 0.378 e. The SMILES string of the molecule is CC(=O)Cc1cn(-c2ccc(-c3csc(Nc4ccc(N5CCOCC5)c(Cl)c4)n3)cc2)cn1. The van der Waals surface area contributed by atoms with Crippen molar-refractivity contribution >= 4 is 45.2 Å². The number of rotatable bonds is 7. The zero-order valence-corrected chi connectivity index (χ0v) is 20.3. The smallest absolute Gasteiger partial charge is 0.187 e. The van der Waals surface area contributed by atoms with Gasteiger partial charge in [-0.05, 0) is 37.3 Å². The molecule has 1 aliphatic rings. The summed E-state index contributed by atoms with van der Waals surface area (Å²) in [6.07, 6.45) is 3.96. The van der Waals surface area contributed by atoms with Gasteiger partial charge in [-0.25, -0.2) is 9.97 Å². The number of halogens is 1. The van der Waals surface area contributed by atoms with E-state index in [1.165, 1.54) is 0 Å². The molecule has 0 radical (unpaired) electrons. The van der Waals surface area contributed by atoms with Crippen LogP contribution >= 0.6 is 22.9 Å². The lowest BCUT2D eigenvalue weighted by Gasteiger charge is -2.29. The molecule has 1 fully saturated rings. The van der Waals surface area contributed by atoms with Crippen LogP contribution in [0.25, 0.3) is 16.9 Å². The third-order valence-corrected chi connectivity index (χ3v) is 6.64. The van der Waals surface area contributed by atoms with Gasteiger partial charge in [0.15, 0.2) is 5.13 Å². The number of thiazole rings is 1. The molecule has 1 saturated heterocycles. The van der Waals surface area contributed by atoms with Crippen molar-refractivity contribution in [3.05, 3.63) is 71.1 Å². The molecule has 0 unspecified atom stereocenters. The lowest BCUT2D eigenvalue weighted by atomic mass is 10.1. The predicted molar refractivity (Wildman–Crippen MR) is 137 cm³/mol. The maximum absolute atomic E-state index is 11.3. The van der Waals surface area contributed by atoms with Crippen molar-refractivity contribution in [1.82, 2.24) is 14.5 Å². The Labute approximate surface area is 207 Å². The number of hydrogen-bond donors (Lipinski definition) is 1. The molecule has 2 aromatic heterocycles. The Kier molecular flexibility index (Phi) is 6.62. The standard InChI is InChI=1S/C25H24ClN5O2S/c1-17(32)12-20-14-31(16-27-20)21-5-2-18(3-6-21)23-15-34-25(29-23)28-19-4-7-24(22(26)13-19)30-8-10-33-11-9-30/h2-7,13-16H,8-12H2,1H3,(H,28,29). The topological polar surface area (TPSA) is 72.3 Å². The number of benzene rings is 2. The van der Waals surface area contributed by atoms with Crippen LogP contribution in [0.5, 0.6) is 0 Å². The van der Waals surface area contributed by atoms with Crippen molar-refractivity contribution in [2.24, 2.45) is 0 Å². The zero-order chi connectivity index (χ0) is 23.5. The molecule has 0 bridgehead atoms. The Bertz CT molecular complexity index is 1290. The van der Waals surface area contributed by atoms with Gasteiger partial charge in [0.05, 0.1) is 41.6 Å². The van der Waals surface area contributed by atoms with Crippen LogP contribution in [0.3, 0.4) is 0 Å². The van der Waals surface area contributed by atoms with Gasteiger partial charge in [-0.15, -0.1) is 11.3 Å². The van der Waals surface area contributed by atoms with E-state index in [1.807, 2.05) is 58.6 Å². The van der Waals surface area contributed by atoms with E-state index >= 15 is 0 Å². The number of ether oxygens (including phenoxy) is 1. The summed E-state index contributed by atoms with van der Waals surface area (Å²) in [7, 11) is 0. The second kappa shape index (κ2) is 9.97. The van der Waals surface area contributed by atoms with Gasteiger partial charge in [-0.2, -0.15) is 0 Å². The molecule has 4 aromatic rings. The van der Waals surface area contributed by atoms with Crippen LogP contribution in [0.2, 0.25) is 5.02 Å². The second-order valence-electron chi connectivity index (χ2n) is 8.13. The molecule has 0 atom stereocenters. The first kappa shape index (κ1) is 22.6. The maximum atomic E-state index is 11.3. The van der Waals surface area contributed by atoms with E-state index in [-0.39, 0.29) is 5.78 Å². The average Bonchev–Trinajstić information content (AvgIpc) is 3.49. The molecular formula is C25H24ClN5O2S. The molecule has 0 saturated carbocycles. The van der Waals surface area contributed by atoms with E-state index in [2.05, 4.69) is 15.2 Å². The van der Waals surface area contributed by atoms with Gasteiger partial charge in [0.25, 0.3) is 0 Å². The Morgan fingerprint density at radius 1 is 1.18 bits per heavy atom. The lowest BCUT2D eigenvalue weighted by Crippen LogP contribution is -2.36. The number of nitrogens with one attached hydrogen (secondary N) is 1. The van der Waals surface area contributed by atoms with E-state index in [0.29, 0.717) is 11.4 Å². The van der Waals surface area contributed by atoms with Crippen molar-refractivity contribution in [1.29, 1.82) is 0 Å². The average molecular weight is 494 g/mol. The van der Waals surface area contributed by atoms with Crippen molar-refractivity contribution in [2.75, 3.05) is 36.5 Å². The van der Waals surface area contributed by atoms with E-state index in [4.69, 9.17) is 21.3 Å². The van der Waals surface area contributed by atoms with Gasteiger partial charge in [-0.3, -0.25) is 4.79 Å². The highest BCUT2D eigenvalue weighted by atomic mass is 35.5. The summed E-state index contributed by atoms with van der Waals surface area (Å²) in [6, 6.07) is 14.1. The Morgan fingerprint density at radius 2 is 1.97 bits per heavy atom. The minimum atomic E-state index is 0.101. The molecule has 34 heavy (non-hydrogen) atoms. The van der Waals surface area contributed by atoms with Gasteiger partial charge in [0.2, 0.25) is 0 Å². The summed E-state index contributed by atoms with van der Waals surface area (Å²) in [5.74, 6) is 0.101. The Balaban J connectivity index is 1.26. The number of nitrogens with zero attached hydrogens (tertiary/aromatic N) is 4. The van der Waals surface area contributed by atoms with Crippen LogP contribution in [0.4, 0.5) is 16.5 Å². The number of ketones is 1. The molecule has 0 aliphatic carbocycles. The third-order valence-electron chi connectivity index (χ3n) is 5.58. The van der Waals surface area contributed by atoms with Crippen molar-refractivity contribution in [3.63, 3.8) is 0 Å². The number of aromatic nitrogens is 3. The molecule has 0 spiro atoms. The highest BCUT2D eigenvalue weighted by Crippen LogP contribution is 2.32. The number of Topliss-reactive ketones (excluding diaryl/α,β-unsaturated/α-hetero) is 1.